The summed E-state index contributed by atoms with van der Waals surface area (Å²) in [4.78, 5) is 0. The predicted octanol–water partition coefficient (Wildman–Crippen LogP) is 5.28. The summed E-state index contributed by atoms with van der Waals surface area (Å²) in [5.74, 6) is 0.274. The number of halogens is 2. The lowest BCUT2D eigenvalue weighted by Gasteiger charge is -2.12. The Hall–Kier alpha value is -1.34. The molecule has 0 nitrogen and oxygen atoms in total. The van der Waals surface area contributed by atoms with Crippen LogP contribution in [0.15, 0.2) is 48.5 Å². The number of alkyl halides is 1. The van der Waals surface area contributed by atoms with Crippen LogP contribution in [0, 0.1) is 5.82 Å². The first-order valence-electron chi connectivity index (χ1n) is 6.07. The van der Waals surface area contributed by atoms with Gasteiger partial charge in [0.15, 0.2) is 0 Å². The number of rotatable bonds is 3. The van der Waals surface area contributed by atoms with E-state index in [-0.39, 0.29) is 11.2 Å². The van der Waals surface area contributed by atoms with Gasteiger partial charge in [-0.25, -0.2) is 4.39 Å². The van der Waals surface area contributed by atoms with E-state index in [0.29, 0.717) is 5.92 Å². The summed E-state index contributed by atoms with van der Waals surface area (Å²) < 4.78 is 12.9. The zero-order valence-corrected chi connectivity index (χ0v) is 11.3. The van der Waals surface area contributed by atoms with E-state index in [1.54, 1.807) is 12.1 Å². The fourth-order valence-electron chi connectivity index (χ4n) is 1.87. The number of hydrogen-bond acceptors (Lipinski definition) is 0. The van der Waals surface area contributed by atoms with Crippen LogP contribution in [0.2, 0.25) is 0 Å². The maximum atomic E-state index is 12.9. The highest BCUT2D eigenvalue weighted by Crippen LogP contribution is 2.29. The molecule has 0 spiro atoms. The second kappa shape index (κ2) is 5.53. The van der Waals surface area contributed by atoms with Crippen LogP contribution in [-0.4, -0.2) is 0 Å². The third-order valence-electron chi connectivity index (χ3n) is 3.06. The zero-order valence-electron chi connectivity index (χ0n) is 10.5. The smallest absolute Gasteiger partial charge is 0.123 e. The third-order valence-corrected chi connectivity index (χ3v) is 3.56. The van der Waals surface area contributed by atoms with Crippen molar-refractivity contribution in [2.75, 3.05) is 0 Å². The molecule has 2 heteroatoms. The summed E-state index contributed by atoms with van der Waals surface area (Å²) in [5.41, 5.74) is 3.24. The first kappa shape index (κ1) is 13.1. The Labute approximate surface area is 112 Å². The molecule has 0 fully saturated rings. The SMILES string of the molecule is CC(C)c1ccc(C(Cl)c2ccc(F)cc2)cc1. The molecular formula is C16H16ClF. The molecule has 2 aromatic rings. The van der Waals surface area contributed by atoms with Crippen LogP contribution in [0.1, 0.15) is 41.8 Å². The van der Waals surface area contributed by atoms with Crippen molar-refractivity contribution in [2.24, 2.45) is 0 Å². The van der Waals surface area contributed by atoms with Gasteiger partial charge in [-0.15, -0.1) is 11.6 Å². The molecule has 0 aliphatic rings. The van der Waals surface area contributed by atoms with Gasteiger partial charge >= 0.3 is 0 Å². The number of benzene rings is 2. The fraction of sp³-hybridized carbons (Fsp3) is 0.250. The Bertz CT molecular complexity index is 500. The lowest BCUT2D eigenvalue weighted by atomic mass is 9.98. The van der Waals surface area contributed by atoms with E-state index < -0.39 is 0 Å². The van der Waals surface area contributed by atoms with Gasteiger partial charge in [-0.3, -0.25) is 0 Å². The number of hydrogen-bond donors (Lipinski definition) is 0. The van der Waals surface area contributed by atoms with Crippen molar-refractivity contribution in [2.45, 2.75) is 25.1 Å². The van der Waals surface area contributed by atoms with Crippen LogP contribution in [0.5, 0.6) is 0 Å². The molecule has 94 valence electrons. The van der Waals surface area contributed by atoms with Gasteiger partial charge in [-0.2, -0.15) is 0 Å². The molecule has 0 saturated carbocycles. The standard InChI is InChI=1S/C16H16ClF/c1-11(2)12-3-5-13(6-4-12)16(17)14-7-9-15(18)10-8-14/h3-11,16H,1-2H3. The second-order valence-corrected chi connectivity index (χ2v) is 5.17. The van der Waals surface area contributed by atoms with Gasteiger partial charge in [-0.1, -0.05) is 50.2 Å². The Morgan fingerprint density at radius 2 is 1.17 bits per heavy atom. The predicted molar refractivity (Wildman–Crippen MR) is 74.6 cm³/mol. The molecule has 2 aromatic carbocycles. The van der Waals surface area contributed by atoms with Gasteiger partial charge in [-0.05, 0) is 34.7 Å². The largest absolute Gasteiger partial charge is 0.207 e. The maximum Gasteiger partial charge on any atom is 0.123 e. The van der Waals surface area contributed by atoms with Crippen LogP contribution in [0.3, 0.4) is 0 Å². The highest BCUT2D eigenvalue weighted by Gasteiger charge is 2.11. The van der Waals surface area contributed by atoms with Gasteiger partial charge < -0.3 is 0 Å². The minimum Gasteiger partial charge on any atom is -0.207 e. The molecular weight excluding hydrogens is 247 g/mol. The first-order valence-corrected chi connectivity index (χ1v) is 6.51. The van der Waals surface area contributed by atoms with Crippen molar-refractivity contribution in [3.63, 3.8) is 0 Å². The average Bonchev–Trinajstić information content (AvgIpc) is 2.39. The lowest BCUT2D eigenvalue weighted by Crippen LogP contribution is -1.95. The minimum absolute atomic E-state index is 0.230. The van der Waals surface area contributed by atoms with Crippen LogP contribution >= 0.6 is 11.6 Å². The molecule has 1 atom stereocenters. The fourth-order valence-corrected chi connectivity index (χ4v) is 2.17. The monoisotopic (exact) mass is 262 g/mol. The zero-order chi connectivity index (χ0) is 13.1. The van der Waals surface area contributed by atoms with Crippen molar-refractivity contribution in [3.05, 3.63) is 71.0 Å². The molecule has 0 aliphatic carbocycles. The van der Waals surface area contributed by atoms with Gasteiger partial charge in [0.25, 0.3) is 0 Å². The summed E-state index contributed by atoms with van der Waals surface area (Å²) in [6, 6.07) is 14.6. The Balaban J connectivity index is 2.23. The van der Waals surface area contributed by atoms with Gasteiger partial charge in [0.2, 0.25) is 0 Å². The van der Waals surface area contributed by atoms with Crippen LogP contribution < -0.4 is 0 Å². The quantitative estimate of drug-likeness (QED) is 0.661. The van der Waals surface area contributed by atoms with Gasteiger partial charge in [0, 0.05) is 0 Å². The van der Waals surface area contributed by atoms with Crippen molar-refractivity contribution in [1.29, 1.82) is 0 Å². The normalized spacial score (nSPS) is 12.7. The van der Waals surface area contributed by atoms with Gasteiger partial charge in [0.05, 0.1) is 5.38 Å². The van der Waals surface area contributed by atoms with E-state index in [2.05, 4.69) is 26.0 Å². The molecule has 0 heterocycles. The van der Waals surface area contributed by atoms with E-state index in [9.17, 15) is 4.39 Å². The molecule has 0 radical (unpaired) electrons. The highest BCUT2D eigenvalue weighted by molar-refractivity contribution is 6.22. The second-order valence-electron chi connectivity index (χ2n) is 4.74. The van der Waals surface area contributed by atoms with E-state index in [4.69, 9.17) is 11.6 Å². The summed E-state index contributed by atoms with van der Waals surface area (Å²) in [6.45, 7) is 4.32. The molecule has 0 aromatic heterocycles. The van der Waals surface area contributed by atoms with Crippen molar-refractivity contribution >= 4 is 11.6 Å². The molecule has 0 amide bonds. The Morgan fingerprint density at radius 3 is 1.61 bits per heavy atom. The van der Waals surface area contributed by atoms with Crippen LogP contribution in [-0.2, 0) is 0 Å². The average molecular weight is 263 g/mol. The lowest BCUT2D eigenvalue weighted by molar-refractivity contribution is 0.627. The Morgan fingerprint density at radius 1 is 0.778 bits per heavy atom. The Kier molecular flexibility index (Phi) is 4.03. The van der Waals surface area contributed by atoms with Gasteiger partial charge in [0.1, 0.15) is 5.82 Å². The molecule has 0 saturated heterocycles. The molecule has 0 aliphatic heterocycles. The van der Waals surface area contributed by atoms with Crippen molar-refractivity contribution in [1.82, 2.24) is 0 Å². The molecule has 2 rings (SSSR count). The van der Waals surface area contributed by atoms with Crippen molar-refractivity contribution in [3.8, 4) is 0 Å². The summed E-state index contributed by atoms with van der Waals surface area (Å²) in [6.07, 6.45) is 0. The summed E-state index contributed by atoms with van der Waals surface area (Å²) >= 11 is 6.39. The van der Waals surface area contributed by atoms with E-state index in [1.807, 2.05) is 12.1 Å². The van der Waals surface area contributed by atoms with E-state index in [0.717, 1.165) is 11.1 Å². The van der Waals surface area contributed by atoms with E-state index >= 15 is 0 Å². The maximum absolute atomic E-state index is 12.9. The molecule has 1 unspecified atom stereocenters. The van der Waals surface area contributed by atoms with E-state index in [1.165, 1.54) is 17.7 Å². The third kappa shape index (κ3) is 2.91. The topological polar surface area (TPSA) is 0 Å². The minimum atomic E-state index is -0.238. The summed E-state index contributed by atoms with van der Waals surface area (Å²) in [7, 11) is 0. The summed E-state index contributed by atoms with van der Waals surface area (Å²) in [5, 5.41) is -0.230. The van der Waals surface area contributed by atoms with Crippen molar-refractivity contribution < 1.29 is 4.39 Å². The first-order chi connectivity index (χ1) is 8.58. The van der Waals surface area contributed by atoms with Crippen LogP contribution in [0.4, 0.5) is 4.39 Å². The highest BCUT2D eigenvalue weighted by atomic mass is 35.5. The molecule has 0 N–H and O–H groups in total. The molecule has 0 bridgehead atoms. The molecule has 18 heavy (non-hydrogen) atoms. The van der Waals surface area contributed by atoms with Crippen LogP contribution in [0.25, 0.3) is 0 Å².